The molecule has 2 rings (SSSR count). The van der Waals surface area contributed by atoms with Gasteiger partial charge in [0.15, 0.2) is 0 Å². The van der Waals surface area contributed by atoms with E-state index >= 15 is 0 Å². The lowest BCUT2D eigenvalue weighted by Crippen LogP contribution is -2.29. The minimum atomic E-state index is -0.361. The standard InChI is InChI=1S/C14H21NO2/c1-11-4-3-5-13(8-11)17-10-14(16)12-6-7-15(2)9-12/h3-5,8,12,14,16H,6-7,9-10H2,1-2H3. The molecule has 2 unspecified atom stereocenters. The molecule has 3 heteroatoms. The molecule has 1 heterocycles. The Labute approximate surface area is 103 Å². The highest BCUT2D eigenvalue weighted by Gasteiger charge is 2.26. The van der Waals surface area contributed by atoms with E-state index in [0.29, 0.717) is 12.5 Å². The number of hydrogen-bond donors (Lipinski definition) is 1. The second kappa shape index (κ2) is 5.52. The molecule has 0 saturated carbocycles. The highest BCUT2D eigenvalue weighted by atomic mass is 16.5. The first-order valence-electron chi connectivity index (χ1n) is 6.21. The molecule has 0 bridgehead atoms. The van der Waals surface area contributed by atoms with Crippen LogP contribution in [0.25, 0.3) is 0 Å². The van der Waals surface area contributed by atoms with Crippen LogP contribution in [-0.4, -0.2) is 42.9 Å². The third kappa shape index (κ3) is 3.45. The van der Waals surface area contributed by atoms with Crippen LogP contribution in [0.1, 0.15) is 12.0 Å². The molecule has 17 heavy (non-hydrogen) atoms. The molecule has 2 atom stereocenters. The Balaban J connectivity index is 1.81. The van der Waals surface area contributed by atoms with Crippen LogP contribution in [0.15, 0.2) is 24.3 Å². The lowest BCUT2D eigenvalue weighted by Gasteiger charge is -2.18. The molecule has 0 aromatic heterocycles. The summed E-state index contributed by atoms with van der Waals surface area (Å²) >= 11 is 0. The normalized spacial score (nSPS) is 22.6. The van der Waals surface area contributed by atoms with Gasteiger partial charge in [0, 0.05) is 12.5 Å². The summed E-state index contributed by atoms with van der Waals surface area (Å²) in [4.78, 5) is 2.25. The molecule has 0 spiro atoms. The van der Waals surface area contributed by atoms with E-state index < -0.39 is 0 Å². The van der Waals surface area contributed by atoms with Crippen molar-refractivity contribution in [1.29, 1.82) is 0 Å². The number of aryl methyl sites for hydroxylation is 1. The van der Waals surface area contributed by atoms with Crippen molar-refractivity contribution in [2.24, 2.45) is 5.92 Å². The summed E-state index contributed by atoms with van der Waals surface area (Å²) in [5.41, 5.74) is 1.18. The van der Waals surface area contributed by atoms with Crippen molar-refractivity contribution in [3.8, 4) is 5.75 Å². The van der Waals surface area contributed by atoms with Crippen LogP contribution in [0.5, 0.6) is 5.75 Å². The Morgan fingerprint density at radius 1 is 1.53 bits per heavy atom. The number of aliphatic hydroxyl groups excluding tert-OH is 1. The van der Waals surface area contributed by atoms with Gasteiger partial charge in [0.2, 0.25) is 0 Å². The fourth-order valence-corrected chi connectivity index (χ4v) is 2.31. The van der Waals surface area contributed by atoms with Crippen molar-refractivity contribution < 1.29 is 9.84 Å². The fourth-order valence-electron chi connectivity index (χ4n) is 2.31. The predicted molar refractivity (Wildman–Crippen MR) is 68.3 cm³/mol. The largest absolute Gasteiger partial charge is 0.491 e. The molecule has 1 N–H and O–H groups in total. The maximum Gasteiger partial charge on any atom is 0.119 e. The SMILES string of the molecule is Cc1cccc(OCC(O)C2CCN(C)C2)c1. The van der Waals surface area contributed by atoms with E-state index in [1.807, 2.05) is 31.2 Å². The molecule has 0 radical (unpaired) electrons. The van der Waals surface area contributed by atoms with Crippen molar-refractivity contribution in [3.05, 3.63) is 29.8 Å². The smallest absolute Gasteiger partial charge is 0.119 e. The maximum absolute atomic E-state index is 10.0. The van der Waals surface area contributed by atoms with E-state index in [-0.39, 0.29) is 6.10 Å². The first kappa shape index (κ1) is 12.4. The van der Waals surface area contributed by atoms with Gasteiger partial charge in [-0.15, -0.1) is 0 Å². The Morgan fingerprint density at radius 3 is 3.00 bits per heavy atom. The summed E-state index contributed by atoms with van der Waals surface area (Å²) < 4.78 is 5.63. The molecular formula is C14H21NO2. The number of rotatable bonds is 4. The Hall–Kier alpha value is -1.06. The third-order valence-corrected chi connectivity index (χ3v) is 3.38. The lowest BCUT2D eigenvalue weighted by atomic mass is 10.0. The zero-order chi connectivity index (χ0) is 12.3. The fraction of sp³-hybridized carbons (Fsp3) is 0.571. The molecule has 3 nitrogen and oxygen atoms in total. The Kier molecular flexibility index (Phi) is 4.02. The van der Waals surface area contributed by atoms with Gasteiger partial charge in [-0.25, -0.2) is 0 Å². The number of likely N-dealkylation sites (tertiary alicyclic amines) is 1. The van der Waals surface area contributed by atoms with Crippen LogP contribution in [0.2, 0.25) is 0 Å². The summed E-state index contributed by atoms with van der Waals surface area (Å²) in [7, 11) is 2.09. The molecule has 1 aromatic rings. The van der Waals surface area contributed by atoms with Gasteiger partial charge < -0.3 is 14.7 Å². The van der Waals surface area contributed by atoms with Gasteiger partial charge in [0.1, 0.15) is 12.4 Å². The highest BCUT2D eigenvalue weighted by Crippen LogP contribution is 2.20. The summed E-state index contributed by atoms with van der Waals surface area (Å²) in [5, 5.41) is 10.0. The summed E-state index contributed by atoms with van der Waals surface area (Å²) in [5.74, 6) is 1.19. The van der Waals surface area contributed by atoms with E-state index in [2.05, 4.69) is 11.9 Å². The topological polar surface area (TPSA) is 32.7 Å². The molecule has 0 aliphatic carbocycles. The average Bonchev–Trinajstić information content (AvgIpc) is 2.73. The van der Waals surface area contributed by atoms with E-state index in [1.54, 1.807) is 0 Å². The molecule has 1 fully saturated rings. The molecular weight excluding hydrogens is 214 g/mol. The van der Waals surface area contributed by atoms with Gasteiger partial charge in [-0.05, 0) is 44.6 Å². The maximum atomic E-state index is 10.0. The van der Waals surface area contributed by atoms with Crippen LogP contribution >= 0.6 is 0 Å². The molecule has 94 valence electrons. The van der Waals surface area contributed by atoms with Gasteiger partial charge in [0.25, 0.3) is 0 Å². The number of nitrogens with zero attached hydrogens (tertiary/aromatic N) is 1. The molecule has 1 aliphatic heterocycles. The molecule has 1 aliphatic rings. The van der Waals surface area contributed by atoms with E-state index in [1.165, 1.54) is 5.56 Å². The molecule has 1 aromatic carbocycles. The zero-order valence-corrected chi connectivity index (χ0v) is 10.6. The van der Waals surface area contributed by atoms with Crippen LogP contribution in [0, 0.1) is 12.8 Å². The first-order valence-corrected chi connectivity index (χ1v) is 6.21. The number of aliphatic hydroxyl groups is 1. The molecule has 1 saturated heterocycles. The molecule has 0 amide bonds. The summed E-state index contributed by atoms with van der Waals surface area (Å²) in [6.07, 6.45) is 0.704. The highest BCUT2D eigenvalue weighted by molar-refractivity contribution is 5.27. The zero-order valence-electron chi connectivity index (χ0n) is 10.6. The Bertz CT molecular complexity index is 367. The van der Waals surface area contributed by atoms with Crippen LogP contribution in [0.3, 0.4) is 0 Å². The number of ether oxygens (including phenoxy) is 1. The Morgan fingerprint density at radius 2 is 2.35 bits per heavy atom. The van der Waals surface area contributed by atoms with Crippen molar-refractivity contribution in [2.75, 3.05) is 26.7 Å². The van der Waals surface area contributed by atoms with Gasteiger partial charge in [-0.3, -0.25) is 0 Å². The van der Waals surface area contributed by atoms with Gasteiger partial charge in [-0.2, -0.15) is 0 Å². The average molecular weight is 235 g/mol. The summed E-state index contributed by atoms with van der Waals surface area (Å²) in [6.45, 7) is 4.47. The van der Waals surface area contributed by atoms with Gasteiger partial charge in [0.05, 0.1) is 6.10 Å². The second-order valence-corrected chi connectivity index (χ2v) is 5.01. The summed E-state index contributed by atoms with van der Waals surface area (Å²) in [6, 6.07) is 7.93. The number of hydrogen-bond acceptors (Lipinski definition) is 3. The predicted octanol–water partition coefficient (Wildman–Crippen LogP) is 1.69. The second-order valence-electron chi connectivity index (χ2n) is 5.01. The minimum Gasteiger partial charge on any atom is -0.491 e. The van der Waals surface area contributed by atoms with Crippen molar-refractivity contribution >= 4 is 0 Å². The van der Waals surface area contributed by atoms with E-state index in [9.17, 15) is 5.11 Å². The lowest BCUT2D eigenvalue weighted by molar-refractivity contribution is 0.0607. The van der Waals surface area contributed by atoms with Crippen molar-refractivity contribution in [1.82, 2.24) is 4.90 Å². The van der Waals surface area contributed by atoms with Crippen LogP contribution in [0.4, 0.5) is 0 Å². The van der Waals surface area contributed by atoms with Crippen LogP contribution < -0.4 is 4.74 Å². The van der Waals surface area contributed by atoms with Gasteiger partial charge in [-0.1, -0.05) is 12.1 Å². The van der Waals surface area contributed by atoms with Crippen molar-refractivity contribution in [3.63, 3.8) is 0 Å². The van der Waals surface area contributed by atoms with Crippen LogP contribution in [-0.2, 0) is 0 Å². The van der Waals surface area contributed by atoms with Gasteiger partial charge >= 0.3 is 0 Å². The minimum absolute atomic E-state index is 0.352. The van der Waals surface area contributed by atoms with E-state index in [0.717, 1.165) is 25.3 Å². The van der Waals surface area contributed by atoms with Crippen molar-refractivity contribution in [2.45, 2.75) is 19.4 Å². The monoisotopic (exact) mass is 235 g/mol. The quantitative estimate of drug-likeness (QED) is 0.862. The van der Waals surface area contributed by atoms with E-state index in [4.69, 9.17) is 4.74 Å². The number of benzene rings is 1. The third-order valence-electron chi connectivity index (χ3n) is 3.38. The first-order chi connectivity index (χ1) is 8.15.